The van der Waals surface area contributed by atoms with E-state index in [1.165, 1.54) is 6.07 Å². The van der Waals surface area contributed by atoms with Crippen LogP contribution in [0.2, 0.25) is 5.02 Å². The molecule has 2 aromatic rings. The number of hydrogen-bond acceptors (Lipinski definition) is 2. The van der Waals surface area contributed by atoms with Crippen molar-refractivity contribution in [1.82, 2.24) is 0 Å². The summed E-state index contributed by atoms with van der Waals surface area (Å²) in [6.45, 7) is 0. The predicted molar refractivity (Wildman–Crippen MR) is 69.1 cm³/mol. The van der Waals surface area contributed by atoms with Crippen LogP contribution in [0.15, 0.2) is 35.0 Å². The van der Waals surface area contributed by atoms with Crippen molar-refractivity contribution in [3.8, 4) is 0 Å². The Labute approximate surface area is 108 Å². The molecule has 1 aromatic carbocycles. The van der Waals surface area contributed by atoms with Crippen molar-refractivity contribution in [2.75, 3.05) is 0 Å². The first-order valence-corrected chi connectivity index (χ1v) is 6.61. The van der Waals surface area contributed by atoms with Crippen LogP contribution in [0.3, 0.4) is 0 Å². The molecule has 0 radical (unpaired) electrons. The van der Waals surface area contributed by atoms with E-state index in [2.05, 4.69) is 0 Å². The molecule has 0 saturated heterocycles. The minimum Gasteiger partial charge on any atom is -0.392 e. The topological polar surface area (TPSA) is 20.2 Å². The zero-order chi connectivity index (χ0) is 12.3. The summed E-state index contributed by atoms with van der Waals surface area (Å²) in [5.41, 5.74) is 1.53. The monoisotopic (exact) mass is 270 g/mol. The number of rotatable bonds is 4. The summed E-state index contributed by atoms with van der Waals surface area (Å²) < 4.78 is 13.6. The number of thiophene rings is 1. The first kappa shape index (κ1) is 12.6. The summed E-state index contributed by atoms with van der Waals surface area (Å²) in [6.07, 6.45) is 0.232. The molecule has 0 aliphatic heterocycles. The van der Waals surface area contributed by atoms with Gasteiger partial charge in [-0.1, -0.05) is 23.7 Å². The van der Waals surface area contributed by atoms with Gasteiger partial charge in [0, 0.05) is 6.42 Å². The van der Waals surface area contributed by atoms with Crippen molar-refractivity contribution < 1.29 is 9.50 Å². The maximum absolute atomic E-state index is 13.6. The predicted octanol–water partition coefficient (Wildman–Crippen LogP) is 3.69. The maximum Gasteiger partial charge on any atom is 0.145 e. The number of aliphatic hydroxyl groups is 1. The smallest absolute Gasteiger partial charge is 0.145 e. The molecule has 4 heteroatoms. The summed E-state index contributed by atoms with van der Waals surface area (Å²) in [5.74, 6) is -0.432. The van der Waals surface area contributed by atoms with Gasteiger partial charge in [0.15, 0.2) is 0 Å². The molecule has 2 rings (SSSR count). The van der Waals surface area contributed by atoms with Crippen molar-refractivity contribution in [1.29, 1.82) is 0 Å². The summed E-state index contributed by atoms with van der Waals surface area (Å²) in [7, 11) is 0. The highest BCUT2D eigenvalue weighted by Crippen LogP contribution is 2.20. The van der Waals surface area contributed by atoms with Gasteiger partial charge >= 0.3 is 0 Å². The normalized spacial score (nSPS) is 12.6. The standard InChI is InChI=1S/C13H12ClFOS/c14-12-3-1-2-10(13(12)15)7-11(16)6-9-4-5-17-8-9/h1-5,8,11,16H,6-7H2. The lowest BCUT2D eigenvalue weighted by atomic mass is 10.0. The lowest BCUT2D eigenvalue weighted by molar-refractivity contribution is 0.174. The molecule has 0 spiro atoms. The van der Waals surface area contributed by atoms with Gasteiger partial charge in [0.05, 0.1) is 11.1 Å². The fraction of sp³-hybridized carbons (Fsp3) is 0.231. The summed E-state index contributed by atoms with van der Waals surface area (Å²) >= 11 is 7.27. The van der Waals surface area contributed by atoms with Crippen molar-refractivity contribution in [2.45, 2.75) is 18.9 Å². The highest BCUT2D eigenvalue weighted by atomic mass is 35.5. The summed E-state index contributed by atoms with van der Waals surface area (Å²) in [6, 6.07) is 6.81. The van der Waals surface area contributed by atoms with Crippen LogP contribution < -0.4 is 0 Å². The van der Waals surface area contributed by atoms with E-state index < -0.39 is 11.9 Å². The average Bonchev–Trinajstić information content (AvgIpc) is 2.77. The zero-order valence-electron chi connectivity index (χ0n) is 9.07. The van der Waals surface area contributed by atoms with Gasteiger partial charge in [-0.25, -0.2) is 4.39 Å². The second-order valence-corrected chi connectivity index (χ2v) is 5.09. The van der Waals surface area contributed by atoms with Crippen molar-refractivity contribution >= 4 is 22.9 Å². The Kier molecular flexibility index (Phi) is 4.15. The van der Waals surface area contributed by atoms with Gasteiger partial charge < -0.3 is 5.11 Å². The largest absolute Gasteiger partial charge is 0.392 e. The van der Waals surface area contributed by atoms with E-state index >= 15 is 0 Å². The first-order chi connectivity index (χ1) is 8.16. The highest BCUT2D eigenvalue weighted by molar-refractivity contribution is 7.07. The van der Waals surface area contributed by atoms with E-state index in [9.17, 15) is 9.50 Å². The van der Waals surface area contributed by atoms with Crippen LogP contribution >= 0.6 is 22.9 Å². The lowest BCUT2D eigenvalue weighted by Crippen LogP contribution is -2.14. The third-order valence-corrected chi connectivity index (χ3v) is 3.56. The van der Waals surface area contributed by atoms with E-state index in [1.807, 2.05) is 16.8 Å². The van der Waals surface area contributed by atoms with Gasteiger partial charge in [0.1, 0.15) is 5.82 Å². The van der Waals surface area contributed by atoms with Crippen LogP contribution in [0.5, 0.6) is 0 Å². The molecular weight excluding hydrogens is 259 g/mol. The van der Waals surface area contributed by atoms with Crippen molar-refractivity contribution in [3.05, 3.63) is 57.0 Å². The van der Waals surface area contributed by atoms with E-state index in [4.69, 9.17) is 11.6 Å². The van der Waals surface area contributed by atoms with E-state index in [1.54, 1.807) is 23.5 Å². The molecule has 0 amide bonds. The first-order valence-electron chi connectivity index (χ1n) is 5.29. The minimum atomic E-state index is -0.586. The molecule has 1 nitrogen and oxygen atoms in total. The molecular formula is C13H12ClFOS. The molecule has 1 heterocycles. The molecule has 0 bridgehead atoms. The Balaban J connectivity index is 2.03. The lowest BCUT2D eigenvalue weighted by Gasteiger charge is -2.10. The van der Waals surface area contributed by atoms with Gasteiger partial charge in [0.2, 0.25) is 0 Å². The molecule has 0 aliphatic carbocycles. The number of hydrogen-bond donors (Lipinski definition) is 1. The number of benzene rings is 1. The van der Waals surface area contributed by atoms with Gasteiger partial charge in [-0.15, -0.1) is 0 Å². The maximum atomic E-state index is 13.6. The van der Waals surface area contributed by atoms with Crippen LogP contribution in [-0.4, -0.2) is 11.2 Å². The highest BCUT2D eigenvalue weighted by Gasteiger charge is 2.12. The Bertz CT molecular complexity index is 484. The van der Waals surface area contributed by atoms with Gasteiger partial charge in [-0.2, -0.15) is 11.3 Å². The molecule has 1 unspecified atom stereocenters. The Morgan fingerprint density at radius 1 is 1.29 bits per heavy atom. The molecule has 0 fully saturated rings. The van der Waals surface area contributed by atoms with Gasteiger partial charge in [-0.3, -0.25) is 0 Å². The third kappa shape index (κ3) is 3.28. The van der Waals surface area contributed by atoms with Crippen LogP contribution in [-0.2, 0) is 12.8 Å². The quantitative estimate of drug-likeness (QED) is 0.898. The molecule has 0 aliphatic rings. The van der Waals surface area contributed by atoms with E-state index in [0.29, 0.717) is 12.0 Å². The molecule has 1 N–H and O–H groups in total. The minimum absolute atomic E-state index is 0.102. The average molecular weight is 271 g/mol. The second-order valence-electron chi connectivity index (χ2n) is 3.91. The Hall–Kier alpha value is -0.900. The van der Waals surface area contributed by atoms with Crippen LogP contribution in [0.4, 0.5) is 4.39 Å². The second kappa shape index (κ2) is 5.63. The summed E-state index contributed by atoms with van der Waals surface area (Å²) in [5, 5.41) is 13.9. The molecule has 1 atom stereocenters. The SMILES string of the molecule is OC(Cc1ccsc1)Cc1cccc(Cl)c1F. The third-order valence-electron chi connectivity index (χ3n) is 2.54. The Morgan fingerprint density at radius 2 is 2.12 bits per heavy atom. The fourth-order valence-electron chi connectivity index (χ4n) is 1.71. The zero-order valence-corrected chi connectivity index (χ0v) is 10.6. The van der Waals surface area contributed by atoms with Crippen LogP contribution in [0.25, 0.3) is 0 Å². The Morgan fingerprint density at radius 3 is 2.82 bits per heavy atom. The van der Waals surface area contributed by atoms with Crippen LogP contribution in [0.1, 0.15) is 11.1 Å². The molecule has 17 heavy (non-hydrogen) atoms. The molecule has 1 aromatic heterocycles. The van der Waals surface area contributed by atoms with Gasteiger partial charge in [-0.05, 0) is 40.4 Å². The van der Waals surface area contributed by atoms with Crippen LogP contribution in [0, 0.1) is 5.82 Å². The van der Waals surface area contributed by atoms with Gasteiger partial charge in [0.25, 0.3) is 0 Å². The molecule has 90 valence electrons. The summed E-state index contributed by atoms with van der Waals surface area (Å²) in [4.78, 5) is 0. The van der Waals surface area contributed by atoms with Crippen molar-refractivity contribution in [3.63, 3.8) is 0 Å². The number of aliphatic hydroxyl groups excluding tert-OH is 1. The van der Waals surface area contributed by atoms with E-state index in [-0.39, 0.29) is 11.4 Å². The molecule has 0 saturated carbocycles. The van der Waals surface area contributed by atoms with E-state index in [0.717, 1.165) is 5.56 Å². The van der Waals surface area contributed by atoms with Crippen molar-refractivity contribution in [2.24, 2.45) is 0 Å². The fourth-order valence-corrected chi connectivity index (χ4v) is 2.59. The number of halogens is 2.